The van der Waals surface area contributed by atoms with Gasteiger partial charge in [-0.15, -0.1) is 0 Å². The quantitative estimate of drug-likeness (QED) is 0.710. The molecule has 0 aromatic heterocycles. The minimum Gasteiger partial charge on any atom is -0.466 e. The van der Waals surface area contributed by atoms with E-state index in [1.807, 2.05) is 6.08 Å². The fraction of sp³-hybridized carbons (Fsp3) is 0.643. The fourth-order valence-corrected chi connectivity index (χ4v) is 2.36. The summed E-state index contributed by atoms with van der Waals surface area (Å²) in [5.41, 5.74) is 2.01. The van der Waals surface area contributed by atoms with Crippen LogP contribution < -0.4 is 0 Å². The molecule has 2 rings (SSSR count). The molecule has 1 atom stereocenters. The van der Waals surface area contributed by atoms with Gasteiger partial charge in [0.15, 0.2) is 0 Å². The third kappa shape index (κ3) is 3.21. The van der Waals surface area contributed by atoms with Crippen LogP contribution in [-0.2, 0) is 14.3 Å². The van der Waals surface area contributed by atoms with E-state index in [0.29, 0.717) is 0 Å². The Bertz CT molecular complexity index is 367. The number of carbonyl (C=O) groups is 1. The molecule has 2 aliphatic rings. The van der Waals surface area contributed by atoms with Crippen LogP contribution in [-0.4, -0.2) is 50.8 Å². The van der Waals surface area contributed by atoms with Gasteiger partial charge in [0.1, 0.15) is 0 Å². The van der Waals surface area contributed by atoms with Crippen LogP contribution in [0.25, 0.3) is 0 Å². The van der Waals surface area contributed by atoms with Gasteiger partial charge in [0.2, 0.25) is 0 Å². The lowest BCUT2D eigenvalue weighted by Gasteiger charge is -2.28. The van der Waals surface area contributed by atoms with Crippen LogP contribution >= 0.6 is 0 Å². The molecule has 4 heteroatoms. The summed E-state index contributed by atoms with van der Waals surface area (Å²) in [4.78, 5) is 14.0. The molecular weight excluding hydrogens is 230 g/mol. The molecule has 1 aliphatic heterocycles. The summed E-state index contributed by atoms with van der Waals surface area (Å²) in [6.45, 7) is 6.50. The first kappa shape index (κ1) is 13.3. The van der Waals surface area contributed by atoms with E-state index in [1.165, 1.54) is 12.7 Å². The second-order valence-corrected chi connectivity index (χ2v) is 4.90. The summed E-state index contributed by atoms with van der Waals surface area (Å²) in [5, 5.41) is 0. The molecule has 1 fully saturated rings. The molecular formula is C14H21NO3. The van der Waals surface area contributed by atoms with E-state index in [-0.39, 0.29) is 11.9 Å². The Balaban J connectivity index is 2.00. The number of ether oxygens (including phenoxy) is 2. The molecule has 1 aliphatic carbocycles. The van der Waals surface area contributed by atoms with Gasteiger partial charge in [-0.1, -0.05) is 13.0 Å². The zero-order valence-electron chi connectivity index (χ0n) is 11.1. The molecule has 0 aromatic rings. The van der Waals surface area contributed by atoms with Crippen molar-refractivity contribution >= 4 is 5.97 Å². The number of rotatable bonds is 3. The van der Waals surface area contributed by atoms with Crippen molar-refractivity contribution in [2.45, 2.75) is 13.3 Å². The summed E-state index contributed by atoms with van der Waals surface area (Å²) >= 11 is 0. The standard InChI is InChI=1S/C14H21NO3/c1-11-3-4-12(9-13(11)14(16)17-2)10-15-5-7-18-8-6-15/h4,9,11H,3,5-8,10H2,1-2H3. The van der Waals surface area contributed by atoms with Crippen LogP contribution in [0.4, 0.5) is 0 Å². The van der Waals surface area contributed by atoms with E-state index in [4.69, 9.17) is 9.47 Å². The Labute approximate surface area is 108 Å². The largest absolute Gasteiger partial charge is 0.466 e. The van der Waals surface area contributed by atoms with Crippen LogP contribution in [0.2, 0.25) is 0 Å². The first-order valence-electron chi connectivity index (χ1n) is 6.49. The van der Waals surface area contributed by atoms with Crippen LogP contribution in [0.5, 0.6) is 0 Å². The van der Waals surface area contributed by atoms with Crippen LogP contribution in [0.3, 0.4) is 0 Å². The monoisotopic (exact) mass is 251 g/mol. The van der Waals surface area contributed by atoms with Gasteiger partial charge in [-0.2, -0.15) is 0 Å². The highest BCUT2D eigenvalue weighted by atomic mass is 16.5. The Morgan fingerprint density at radius 3 is 2.89 bits per heavy atom. The van der Waals surface area contributed by atoms with E-state index < -0.39 is 0 Å². The molecule has 0 saturated carbocycles. The summed E-state index contributed by atoms with van der Waals surface area (Å²) < 4.78 is 10.2. The fourth-order valence-electron chi connectivity index (χ4n) is 2.36. The normalized spacial score (nSPS) is 25.3. The number of carbonyl (C=O) groups excluding carboxylic acids is 1. The van der Waals surface area contributed by atoms with Gasteiger partial charge in [0.05, 0.1) is 20.3 Å². The minimum atomic E-state index is -0.199. The van der Waals surface area contributed by atoms with Crippen molar-refractivity contribution in [3.63, 3.8) is 0 Å². The summed E-state index contributed by atoms with van der Waals surface area (Å²) in [7, 11) is 1.44. The van der Waals surface area contributed by atoms with Crippen LogP contribution in [0, 0.1) is 5.92 Å². The lowest BCUT2D eigenvalue weighted by Crippen LogP contribution is -2.37. The zero-order chi connectivity index (χ0) is 13.0. The number of hydrogen-bond donors (Lipinski definition) is 0. The SMILES string of the molecule is COC(=O)C1=CC(CN2CCOCC2)=CCC1C. The number of hydrogen-bond acceptors (Lipinski definition) is 4. The van der Waals surface area contributed by atoms with Gasteiger partial charge >= 0.3 is 5.97 Å². The molecule has 1 unspecified atom stereocenters. The molecule has 1 heterocycles. The minimum absolute atomic E-state index is 0.199. The van der Waals surface area contributed by atoms with Crippen molar-refractivity contribution in [2.75, 3.05) is 40.0 Å². The zero-order valence-corrected chi connectivity index (χ0v) is 11.1. The second-order valence-electron chi connectivity index (χ2n) is 4.90. The Morgan fingerprint density at radius 2 is 2.22 bits per heavy atom. The molecule has 0 radical (unpaired) electrons. The molecule has 0 bridgehead atoms. The number of allylic oxidation sites excluding steroid dienone is 1. The highest BCUT2D eigenvalue weighted by Crippen LogP contribution is 2.25. The van der Waals surface area contributed by atoms with Crippen molar-refractivity contribution in [1.82, 2.24) is 4.90 Å². The van der Waals surface area contributed by atoms with Gasteiger partial charge in [-0.3, -0.25) is 4.90 Å². The maximum Gasteiger partial charge on any atom is 0.334 e. The Hall–Kier alpha value is -1.13. The average molecular weight is 251 g/mol. The predicted octanol–water partition coefficient (Wildman–Crippen LogP) is 1.38. The Morgan fingerprint density at radius 1 is 1.50 bits per heavy atom. The van der Waals surface area contributed by atoms with Crippen molar-refractivity contribution in [1.29, 1.82) is 0 Å². The number of esters is 1. The molecule has 0 spiro atoms. The molecule has 4 nitrogen and oxygen atoms in total. The number of nitrogens with zero attached hydrogens (tertiary/aromatic N) is 1. The van der Waals surface area contributed by atoms with Crippen LogP contribution in [0.15, 0.2) is 23.3 Å². The third-order valence-electron chi connectivity index (χ3n) is 3.54. The Kier molecular flexibility index (Phi) is 4.55. The van der Waals surface area contributed by atoms with Crippen molar-refractivity contribution in [3.8, 4) is 0 Å². The predicted molar refractivity (Wildman–Crippen MR) is 69.2 cm³/mol. The van der Waals surface area contributed by atoms with Crippen molar-refractivity contribution in [3.05, 3.63) is 23.3 Å². The van der Waals surface area contributed by atoms with E-state index in [1.54, 1.807) is 0 Å². The van der Waals surface area contributed by atoms with Gasteiger partial charge in [0, 0.05) is 25.2 Å². The van der Waals surface area contributed by atoms with Crippen LogP contribution in [0.1, 0.15) is 13.3 Å². The van der Waals surface area contributed by atoms with E-state index in [2.05, 4.69) is 17.9 Å². The first-order valence-corrected chi connectivity index (χ1v) is 6.49. The highest BCUT2D eigenvalue weighted by Gasteiger charge is 2.21. The van der Waals surface area contributed by atoms with E-state index in [0.717, 1.165) is 44.8 Å². The van der Waals surface area contributed by atoms with Gasteiger partial charge in [0.25, 0.3) is 0 Å². The lowest BCUT2D eigenvalue weighted by atomic mass is 9.89. The van der Waals surface area contributed by atoms with Gasteiger partial charge < -0.3 is 9.47 Å². The van der Waals surface area contributed by atoms with E-state index in [9.17, 15) is 4.79 Å². The molecule has 0 amide bonds. The number of methoxy groups -OCH3 is 1. The third-order valence-corrected chi connectivity index (χ3v) is 3.54. The lowest BCUT2D eigenvalue weighted by molar-refractivity contribution is -0.136. The van der Waals surface area contributed by atoms with Crippen molar-refractivity contribution in [2.24, 2.45) is 5.92 Å². The van der Waals surface area contributed by atoms with Gasteiger partial charge in [-0.25, -0.2) is 4.79 Å². The first-order chi connectivity index (χ1) is 8.70. The summed E-state index contributed by atoms with van der Waals surface area (Å²) in [5.74, 6) is 0.0565. The van der Waals surface area contributed by atoms with Crippen molar-refractivity contribution < 1.29 is 14.3 Å². The van der Waals surface area contributed by atoms with E-state index >= 15 is 0 Å². The maximum atomic E-state index is 11.7. The molecule has 1 saturated heterocycles. The number of morpholine rings is 1. The van der Waals surface area contributed by atoms with Gasteiger partial charge in [-0.05, 0) is 24.0 Å². The summed E-state index contributed by atoms with van der Waals surface area (Å²) in [6.07, 6.45) is 5.14. The average Bonchev–Trinajstić information content (AvgIpc) is 2.41. The highest BCUT2D eigenvalue weighted by molar-refractivity contribution is 5.89. The maximum absolute atomic E-state index is 11.7. The molecule has 0 N–H and O–H groups in total. The molecule has 18 heavy (non-hydrogen) atoms. The summed E-state index contributed by atoms with van der Waals surface area (Å²) in [6, 6.07) is 0. The smallest absolute Gasteiger partial charge is 0.334 e. The molecule has 100 valence electrons. The second kappa shape index (κ2) is 6.16. The molecule has 0 aromatic carbocycles. The topological polar surface area (TPSA) is 38.8 Å².